The van der Waals surface area contributed by atoms with Gasteiger partial charge in [0.25, 0.3) is 11.8 Å². The van der Waals surface area contributed by atoms with Gasteiger partial charge in [0.1, 0.15) is 5.75 Å². The number of anilines is 1. The molecular weight excluding hydrogens is 364 g/mol. The summed E-state index contributed by atoms with van der Waals surface area (Å²) in [7, 11) is 0. The first kappa shape index (κ1) is 20.1. The third-order valence-electron chi connectivity index (χ3n) is 4.29. The van der Waals surface area contributed by atoms with Gasteiger partial charge in [-0.25, -0.2) is 0 Å². The van der Waals surface area contributed by atoms with Crippen LogP contribution in [0.15, 0.2) is 72.8 Å². The number of amides is 2. The Morgan fingerprint density at radius 1 is 0.862 bits per heavy atom. The Morgan fingerprint density at radius 3 is 2.17 bits per heavy atom. The van der Waals surface area contributed by atoms with Gasteiger partial charge in [-0.1, -0.05) is 36.4 Å². The van der Waals surface area contributed by atoms with Crippen LogP contribution >= 0.6 is 0 Å². The fourth-order valence-electron chi connectivity index (χ4n) is 2.95. The highest BCUT2D eigenvalue weighted by atomic mass is 16.5. The van der Waals surface area contributed by atoms with E-state index < -0.39 is 0 Å². The van der Waals surface area contributed by atoms with Gasteiger partial charge in [0.05, 0.1) is 0 Å². The molecule has 0 unspecified atom stereocenters. The van der Waals surface area contributed by atoms with E-state index in [0.29, 0.717) is 23.5 Å². The molecule has 0 saturated carbocycles. The zero-order valence-electron chi connectivity index (χ0n) is 16.6. The standard InChI is InChI=1S/C24H24N2O3/c1-17-12-18(2)14-22(13-17)29-16-23(27)26-21-10-8-20(9-11-21)24(28)25-15-19-6-4-3-5-7-19/h3-14H,15-16H2,1-2H3,(H,25,28)(H,26,27). The van der Waals surface area contributed by atoms with Gasteiger partial charge >= 0.3 is 0 Å². The number of hydrogen-bond acceptors (Lipinski definition) is 3. The number of ether oxygens (including phenoxy) is 1. The molecule has 29 heavy (non-hydrogen) atoms. The maximum absolute atomic E-state index is 12.2. The molecule has 3 rings (SSSR count). The van der Waals surface area contributed by atoms with Crippen molar-refractivity contribution in [1.29, 1.82) is 0 Å². The predicted molar refractivity (Wildman–Crippen MR) is 114 cm³/mol. The lowest BCUT2D eigenvalue weighted by atomic mass is 10.1. The summed E-state index contributed by atoms with van der Waals surface area (Å²) < 4.78 is 5.56. The van der Waals surface area contributed by atoms with Crippen LogP contribution in [0.1, 0.15) is 27.0 Å². The molecule has 0 aliphatic heterocycles. The van der Waals surface area contributed by atoms with E-state index in [4.69, 9.17) is 4.74 Å². The average Bonchev–Trinajstić information content (AvgIpc) is 2.71. The summed E-state index contributed by atoms with van der Waals surface area (Å²) >= 11 is 0. The highest BCUT2D eigenvalue weighted by molar-refractivity contribution is 5.96. The zero-order valence-corrected chi connectivity index (χ0v) is 16.6. The average molecular weight is 388 g/mol. The van der Waals surface area contributed by atoms with Crippen LogP contribution in [-0.2, 0) is 11.3 Å². The van der Waals surface area contributed by atoms with Crippen molar-refractivity contribution in [2.75, 3.05) is 11.9 Å². The Balaban J connectivity index is 1.49. The summed E-state index contributed by atoms with van der Waals surface area (Å²) in [5.74, 6) is 0.249. The molecule has 0 saturated heterocycles. The Kier molecular flexibility index (Phi) is 6.63. The number of carbonyl (C=O) groups excluding carboxylic acids is 2. The molecule has 148 valence electrons. The lowest BCUT2D eigenvalue weighted by molar-refractivity contribution is -0.118. The Hall–Kier alpha value is -3.60. The molecule has 0 atom stereocenters. The Morgan fingerprint density at radius 2 is 1.52 bits per heavy atom. The van der Waals surface area contributed by atoms with Crippen LogP contribution in [0.4, 0.5) is 5.69 Å². The minimum atomic E-state index is -0.259. The maximum atomic E-state index is 12.2. The van der Waals surface area contributed by atoms with Gasteiger partial charge in [-0.3, -0.25) is 9.59 Å². The normalized spacial score (nSPS) is 10.3. The summed E-state index contributed by atoms with van der Waals surface area (Å²) in [5, 5.41) is 5.65. The van der Waals surface area contributed by atoms with Crippen molar-refractivity contribution >= 4 is 17.5 Å². The molecular formula is C24H24N2O3. The lowest BCUT2D eigenvalue weighted by Gasteiger charge is -2.10. The predicted octanol–water partition coefficient (Wildman–Crippen LogP) is 4.25. The van der Waals surface area contributed by atoms with Crippen LogP contribution in [0, 0.1) is 13.8 Å². The number of hydrogen-bond donors (Lipinski definition) is 2. The fraction of sp³-hybridized carbons (Fsp3) is 0.167. The molecule has 0 heterocycles. The summed E-state index contributed by atoms with van der Waals surface area (Å²) in [4.78, 5) is 24.4. The molecule has 3 aromatic rings. The Bertz CT molecular complexity index is 963. The monoisotopic (exact) mass is 388 g/mol. The van der Waals surface area contributed by atoms with Gasteiger partial charge in [0.15, 0.2) is 6.61 Å². The molecule has 0 spiro atoms. The van der Waals surface area contributed by atoms with E-state index in [0.717, 1.165) is 16.7 Å². The zero-order chi connectivity index (χ0) is 20.6. The second kappa shape index (κ2) is 9.55. The molecule has 0 aromatic heterocycles. The van der Waals surface area contributed by atoms with Crippen LogP contribution in [-0.4, -0.2) is 18.4 Å². The van der Waals surface area contributed by atoms with Crippen molar-refractivity contribution in [2.24, 2.45) is 0 Å². The topological polar surface area (TPSA) is 67.4 Å². The number of benzene rings is 3. The van der Waals surface area contributed by atoms with Gasteiger partial charge in [0.2, 0.25) is 0 Å². The SMILES string of the molecule is Cc1cc(C)cc(OCC(=O)Nc2ccc(C(=O)NCc3ccccc3)cc2)c1. The smallest absolute Gasteiger partial charge is 0.262 e. The summed E-state index contributed by atoms with van der Waals surface area (Å²) in [6.45, 7) is 4.35. The molecule has 0 radical (unpaired) electrons. The van der Waals surface area contributed by atoms with Crippen LogP contribution in [0.25, 0.3) is 0 Å². The van der Waals surface area contributed by atoms with E-state index in [9.17, 15) is 9.59 Å². The highest BCUT2D eigenvalue weighted by Gasteiger charge is 2.08. The first-order valence-corrected chi connectivity index (χ1v) is 9.43. The first-order chi connectivity index (χ1) is 14.0. The second-order valence-corrected chi connectivity index (χ2v) is 6.91. The maximum Gasteiger partial charge on any atom is 0.262 e. The third-order valence-corrected chi connectivity index (χ3v) is 4.29. The van der Waals surface area contributed by atoms with E-state index in [-0.39, 0.29) is 18.4 Å². The molecule has 5 heteroatoms. The number of rotatable bonds is 7. The quantitative estimate of drug-likeness (QED) is 0.636. The van der Waals surface area contributed by atoms with Crippen molar-refractivity contribution in [1.82, 2.24) is 5.32 Å². The highest BCUT2D eigenvalue weighted by Crippen LogP contribution is 2.16. The largest absolute Gasteiger partial charge is 0.484 e. The van der Waals surface area contributed by atoms with Crippen molar-refractivity contribution in [3.63, 3.8) is 0 Å². The van der Waals surface area contributed by atoms with Gasteiger partial charge in [-0.05, 0) is 66.9 Å². The van der Waals surface area contributed by atoms with E-state index >= 15 is 0 Å². The number of aryl methyl sites for hydroxylation is 2. The van der Waals surface area contributed by atoms with E-state index in [1.165, 1.54) is 0 Å². The van der Waals surface area contributed by atoms with Crippen molar-refractivity contribution in [3.05, 3.63) is 95.1 Å². The third kappa shape index (κ3) is 6.21. The minimum Gasteiger partial charge on any atom is -0.484 e. The summed E-state index contributed by atoms with van der Waals surface area (Å²) in [6.07, 6.45) is 0. The van der Waals surface area contributed by atoms with E-state index in [2.05, 4.69) is 10.6 Å². The van der Waals surface area contributed by atoms with Crippen LogP contribution < -0.4 is 15.4 Å². The molecule has 5 nitrogen and oxygen atoms in total. The van der Waals surface area contributed by atoms with Gasteiger partial charge in [-0.2, -0.15) is 0 Å². The van der Waals surface area contributed by atoms with E-state index in [1.807, 2.05) is 62.4 Å². The van der Waals surface area contributed by atoms with Gasteiger partial charge in [0, 0.05) is 17.8 Å². The van der Waals surface area contributed by atoms with Gasteiger partial charge < -0.3 is 15.4 Å². The molecule has 3 aromatic carbocycles. The molecule has 0 bridgehead atoms. The first-order valence-electron chi connectivity index (χ1n) is 9.43. The Labute approximate surface area is 170 Å². The van der Waals surface area contributed by atoms with Gasteiger partial charge in [-0.15, -0.1) is 0 Å². The number of carbonyl (C=O) groups is 2. The minimum absolute atomic E-state index is 0.0811. The molecule has 0 aliphatic rings. The number of nitrogens with one attached hydrogen (secondary N) is 2. The molecule has 2 amide bonds. The van der Waals surface area contributed by atoms with E-state index in [1.54, 1.807) is 24.3 Å². The molecule has 2 N–H and O–H groups in total. The summed E-state index contributed by atoms with van der Waals surface area (Å²) in [6, 6.07) is 22.3. The lowest BCUT2D eigenvalue weighted by Crippen LogP contribution is -2.23. The van der Waals surface area contributed by atoms with Crippen LogP contribution in [0.5, 0.6) is 5.75 Å². The molecule has 0 aliphatic carbocycles. The van der Waals surface area contributed by atoms with Crippen LogP contribution in [0.2, 0.25) is 0 Å². The fourth-order valence-corrected chi connectivity index (χ4v) is 2.95. The van der Waals surface area contributed by atoms with Crippen LogP contribution in [0.3, 0.4) is 0 Å². The van der Waals surface area contributed by atoms with Crippen molar-refractivity contribution in [3.8, 4) is 5.75 Å². The summed E-state index contributed by atoms with van der Waals surface area (Å²) in [5.41, 5.74) is 4.35. The van der Waals surface area contributed by atoms with Crippen molar-refractivity contribution < 1.29 is 14.3 Å². The molecule has 0 fully saturated rings. The van der Waals surface area contributed by atoms with Crippen molar-refractivity contribution in [2.45, 2.75) is 20.4 Å². The second-order valence-electron chi connectivity index (χ2n) is 6.91.